The van der Waals surface area contributed by atoms with Gasteiger partial charge in [-0.1, -0.05) is 31.4 Å². The van der Waals surface area contributed by atoms with Crippen LogP contribution in [-0.4, -0.2) is 52.4 Å². The van der Waals surface area contributed by atoms with Crippen molar-refractivity contribution in [1.82, 2.24) is 15.1 Å². The predicted octanol–water partition coefficient (Wildman–Crippen LogP) is 4.34. The van der Waals surface area contributed by atoms with Gasteiger partial charge < -0.3 is 15.1 Å². The van der Waals surface area contributed by atoms with Crippen LogP contribution in [0.5, 0.6) is 0 Å². The maximum atomic E-state index is 14.0. The number of hydrogen-bond acceptors (Lipinski definition) is 4. The summed E-state index contributed by atoms with van der Waals surface area (Å²) in [7, 11) is 0. The third kappa shape index (κ3) is 4.21. The van der Waals surface area contributed by atoms with Crippen molar-refractivity contribution in [2.75, 3.05) is 11.4 Å². The van der Waals surface area contributed by atoms with Crippen molar-refractivity contribution in [3.63, 3.8) is 0 Å². The second-order valence-electron chi connectivity index (χ2n) is 8.92. The van der Waals surface area contributed by atoms with Gasteiger partial charge in [-0.3, -0.25) is 4.79 Å². The molecular weight excluding hydrogens is 443 g/mol. The first-order chi connectivity index (χ1) is 16.0. The van der Waals surface area contributed by atoms with Crippen LogP contribution >= 0.6 is 11.3 Å². The summed E-state index contributed by atoms with van der Waals surface area (Å²) in [5, 5.41) is 5.04. The molecule has 1 aliphatic carbocycles. The summed E-state index contributed by atoms with van der Waals surface area (Å²) in [6, 6.07) is 7.51. The second kappa shape index (κ2) is 9.13. The number of benzene rings is 1. The number of thiophene rings is 1. The maximum absolute atomic E-state index is 14.0. The van der Waals surface area contributed by atoms with Crippen molar-refractivity contribution >= 4 is 35.0 Å². The lowest BCUT2D eigenvalue weighted by molar-refractivity contribution is -0.124. The van der Waals surface area contributed by atoms with Crippen molar-refractivity contribution in [3.05, 3.63) is 52.5 Å². The van der Waals surface area contributed by atoms with Crippen LogP contribution in [0.25, 0.3) is 0 Å². The lowest BCUT2D eigenvalue weighted by atomic mass is 9.96. The molecule has 33 heavy (non-hydrogen) atoms. The molecule has 2 aromatic rings. The summed E-state index contributed by atoms with van der Waals surface area (Å²) in [6.45, 7) is 0.736. The Bertz CT molecular complexity index is 1040. The van der Waals surface area contributed by atoms with Crippen molar-refractivity contribution in [1.29, 1.82) is 0 Å². The average Bonchev–Trinajstić information content (AvgIpc) is 3.48. The van der Waals surface area contributed by atoms with Crippen molar-refractivity contribution in [3.8, 4) is 0 Å². The van der Waals surface area contributed by atoms with Crippen LogP contribution in [0, 0.1) is 5.82 Å². The van der Waals surface area contributed by atoms with Crippen molar-refractivity contribution in [2.45, 2.75) is 63.2 Å². The van der Waals surface area contributed by atoms with Gasteiger partial charge in [0.05, 0.1) is 18.3 Å². The molecule has 3 aliphatic rings. The molecule has 1 aromatic carbocycles. The van der Waals surface area contributed by atoms with Crippen LogP contribution in [0.1, 0.15) is 43.4 Å². The molecule has 1 saturated carbocycles. The summed E-state index contributed by atoms with van der Waals surface area (Å²) in [5.41, 5.74) is 0.180. The van der Waals surface area contributed by atoms with E-state index >= 15 is 0 Å². The average molecular weight is 471 g/mol. The minimum absolute atomic E-state index is 0.118. The standard InChI is InChI=1S/C24H27FN4O3S/c25-16-6-4-9-18(14-16)29-22(30)21-20(28(24(29)32)15-19-10-5-13-33-19)11-12-27(21)23(31)26-17-7-2-1-3-8-17/h4-6,9-10,13-14,17,20-21H,1-3,7-8,11-12,15H2,(H,26,31)/t20-,21-/m1/s1. The Labute approximate surface area is 196 Å². The molecule has 7 nitrogen and oxygen atoms in total. The molecule has 3 heterocycles. The van der Waals surface area contributed by atoms with E-state index < -0.39 is 29.8 Å². The highest BCUT2D eigenvalue weighted by molar-refractivity contribution is 7.09. The molecular formula is C24H27FN4O3S. The zero-order valence-corrected chi connectivity index (χ0v) is 19.1. The molecule has 1 aromatic heterocycles. The minimum atomic E-state index is -0.797. The third-order valence-corrected chi connectivity index (χ3v) is 7.70. The van der Waals surface area contributed by atoms with E-state index in [4.69, 9.17) is 0 Å². The highest BCUT2D eigenvalue weighted by Gasteiger charge is 2.54. The topological polar surface area (TPSA) is 73.0 Å². The number of fused-ring (bicyclic) bond motifs is 1. The fourth-order valence-electron chi connectivity index (χ4n) is 5.24. The van der Waals surface area contributed by atoms with Gasteiger partial charge in [-0.2, -0.15) is 0 Å². The number of halogens is 1. The molecule has 1 N–H and O–H groups in total. The van der Waals surface area contributed by atoms with Crippen LogP contribution in [0.2, 0.25) is 0 Å². The van der Waals surface area contributed by atoms with Gasteiger partial charge in [0.15, 0.2) is 0 Å². The van der Waals surface area contributed by atoms with Crippen LogP contribution in [0.15, 0.2) is 41.8 Å². The van der Waals surface area contributed by atoms with Crippen LogP contribution < -0.4 is 10.2 Å². The molecule has 2 saturated heterocycles. The fourth-order valence-corrected chi connectivity index (χ4v) is 5.94. The highest BCUT2D eigenvalue weighted by atomic mass is 32.1. The lowest BCUT2D eigenvalue weighted by Gasteiger charge is -2.43. The Morgan fingerprint density at radius 1 is 1.09 bits per heavy atom. The van der Waals surface area contributed by atoms with Gasteiger partial charge in [0.1, 0.15) is 11.9 Å². The van der Waals surface area contributed by atoms with Gasteiger partial charge >= 0.3 is 12.1 Å². The molecule has 9 heteroatoms. The zero-order valence-electron chi connectivity index (χ0n) is 18.3. The number of imide groups is 1. The molecule has 0 bridgehead atoms. The SMILES string of the molecule is O=C1[C@H]2[C@@H](CCN2C(=O)NC2CCCCC2)N(Cc2cccs2)C(=O)N1c1cccc(F)c1. The third-order valence-electron chi connectivity index (χ3n) is 6.84. The number of likely N-dealkylation sites (tertiary alicyclic amines) is 1. The minimum Gasteiger partial charge on any atom is -0.335 e. The first kappa shape index (κ1) is 21.9. The first-order valence-electron chi connectivity index (χ1n) is 11.5. The summed E-state index contributed by atoms with van der Waals surface area (Å²) in [5.74, 6) is -1.01. The quantitative estimate of drug-likeness (QED) is 0.723. The molecule has 0 spiro atoms. The number of rotatable bonds is 4. The van der Waals surface area contributed by atoms with Crippen LogP contribution in [0.4, 0.5) is 19.7 Å². The first-order valence-corrected chi connectivity index (χ1v) is 12.4. The number of anilines is 1. The summed E-state index contributed by atoms with van der Waals surface area (Å²) >= 11 is 1.53. The Balaban J connectivity index is 1.45. The van der Waals surface area contributed by atoms with Gasteiger partial charge in [-0.05, 0) is 48.9 Å². The summed E-state index contributed by atoms with van der Waals surface area (Å²) in [6.07, 6.45) is 5.78. The second-order valence-corrected chi connectivity index (χ2v) is 9.95. The van der Waals surface area contributed by atoms with E-state index in [0.29, 0.717) is 19.5 Å². The number of amides is 5. The van der Waals surface area contributed by atoms with Crippen molar-refractivity contribution in [2.24, 2.45) is 0 Å². The van der Waals surface area contributed by atoms with Crippen LogP contribution in [0.3, 0.4) is 0 Å². The van der Waals surface area contributed by atoms with Crippen molar-refractivity contribution < 1.29 is 18.8 Å². The number of nitrogens with one attached hydrogen (secondary N) is 1. The molecule has 5 rings (SSSR count). The zero-order chi connectivity index (χ0) is 22.9. The van der Waals surface area contributed by atoms with E-state index in [0.717, 1.165) is 35.5 Å². The van der Waals surface area contributed by atoms with E-state index in [-0.39, 0.29) is 17.8 Å². The normalized spacial score (nSPS) is 23.7. The highest BCUT2D eigenvalue weighted by Crippen LogP contribution is 2.35. The monoisotopic (exact) mass is 470 g/mol. The van der Waals surface area contributed by atoms with Gasteiger partial charge in [0, 0.05) is 17.5 Å². The number of hydrogen-bond donors (Lipinski definition) is 1. The lowest BCUT2D eigenvalue weighted by Crippen LogP contribution is -2.66. The number of carbonyl (C=O) groups excluding carboxylic acids is 3. The van der Waals surface area contributed by atoms with Gasteiger partial charge in [-0.25, -0.2) is 18.9 Å². The molecule has 5 amide bonds. The Hall–Kier alpha value is -2.94. The van der Waals surface area contributed by atoms with E-state index in [1.165, 1.54) is 36.0 Å². The Morgan fingerprint density at radius 3 is 2.64 bits per heavy atom. The van der Waals surface area contributed by atoms with E-state index in [1.54, 1.807) is 15.9 Å². The maximum Gasteiger partial charge on any atom is 0.332 e. The molecule has 0 unspecified atom stereocenters. The van der Waals surface area contributed by atoms with Gasteiger partial charge in [0.25, 0.3) is 5.91 Å². The summed E-state index contributed by atoms with van der Waals surface area (Å²) < 4.78 is 14.0. The Kier molecular flexibility index (Phi) is 6.05. The van der Waals surface area contributed by atoms with E-state index in [1.807, 2.05) is 17.5 Å². The fraction of sp³-hybridized carbons (Fsp3) is 0.458. The van der Waals surface area contributed by atoms with E-state index in [9.17, 15) is 18.8 Å². The number of urea groups is 2. The van der Waals surface area contributed by atoms with Crippen LogP contribution in [-0.2, 0) is 11.3 Å². The predicted molar refractivity (Wildman–Crippen MR) is 123 cm³/mol. The molecule has 3 fully saturated rings. The van der Waals surface area contributed by atoms with Gasteiger partial charge in [0.2, 0.25) is 0 Å². The molecule has 2 aliphatic heterocycles. The number of nitrogens with zero attached hydrogens (tertiary/aromatic N) is 3. The largest absolute Gasteiger partial charge is 0.335 e. The smallest absolute Gasteiger partial charge is 0.332 e. The molecule has 174 valence electrons. The molecule has 2 atom stereocenters. The van der Waals surface area contributed by atoms with E-state index in [2.05, 4.69) is 5.32 Å². The molecule has 0 radical (unpaired) electrons. The summed E-state index contributed by atoms with van der Waals surface area (Å²) in [4.78, 5) is 45.6. The van der Waals surface area contributed by atoms with Gasteiger partial charge in [-0.15, -0.1) is 11.3 Å². The number of carbonyl (C=O) groups is 3. The Morgan fingerprint density at radius 2 is 1.91 bits per heavy atom.